The van der Waals surface area contributed by atoms with Gasteiger partial charge in [-0.15, -0.1) is 0 Å². The molecule has 0 amide bonds. The van der Waals surface area contributed by atoms with Crippen molar-refractivity contribution >= 4 is 5.97 Å². The Kier molecular flexibility index (Phi) is 4.92. The first kappa shape index (κ1) is 16.2. The molecule has 0 atom stereocenters. The van der Waals surface area contributed by atoms with Crippen LogP contribution in [-0.2, 0) is 11.3 Å². The summed E-state index contributed by atoms with van der Waals surface area (Å²) in [6.45, 7) is 3.84. The fourth-order valence-electron chi connectivity index (χ4n) is 2.13. The zero-order valence-corrected chi connectivity index (χ0v) is 12.3. The minimum atomic E-state index is -0.944. The van der Waals surface area contributed by atoms with Gasteiger partial charge in [0.25, 0.3) is 0 Å². The van der Waals surface area contributed by atoms with Crippen molar-refractivity contribution in [3.05, 3.63) is 47.7 Å². The number of furan rings is 1. The molecule has 4 nitrogen and oxygen atoms in total. The predicted molar refractivity (Wildman–Crippen MR) is 77.2 cm³/mol. The molecule has 118 valence electrons. The molecule has 0 aliphatic heterocycles. The average molecular weight is 309 g/mol. The maximum absolute atomic E-state index is 13.7. The Labute approximate surface area is 127 Å². The van der Waals surface area contributed by atoms with Crippen LogP contribution in [0.5, 0.6) is 0 Å². The first-order valence-electron chi connectivity index (χ1n) is 6.87. The van der Waals surface area contributed by atoms with Crippen molar-refractivity contribution in [3.63, 3.8) is 0 Å². The molecule has 22 heavy (non-hydrogen) atoms. The van der Waals surface area contributed by atoms with E-state index in [1.54, 1.807) is 11.0 Å². The van der Waals surface area contributed by atoms with Crippen molar-refractivity contribution in [2.45, 2.75) is 26.4 Å². The van der Waals surface area contributed by atoms with Gasteiger partial charge in [-0.3, -0.25) is 9.69 Å². The second-order valence-electron chi connectivity index (χ2n) is 5.26. The molecule has 0 saturated carbocycles. The van der Waals surface area contributed by atoms with Gasteiger partial charge in [0, 0.05) is 6.04 Å². The van der Waals surface area contributed by atoms with E-state index < -0.39 is 17.6 Å². The number of benzene rings is 1. The number of rotatable bonds is 6. The zero-order chi connectivity index (χ0) is 16.3. The van der Waals surface area contributed by atoms with Gasteiger partial charge in [-0.1, -0.05) is 6.07 Å². The van der Waals surface area contributed by atoms with Crippen LogP contribution in [0.3, 0.4) is 0 Å². The van der Waals surface area contributed by atoms with Crippen molar-refractivity contribution < 1.29 is 23.1 Å². The standard InChI is InChI=1S/C16H17F2NO3/c1-10(2)19(9-15(20)21)8-11-6-7-14(22-11)16-12(17)4-3-5-13(16)18/h3-7,10H,8-9H2,1-2H3,(H,20,21). The number of carboxylic acids is 1. The van der Waals surface area contributed by atoms with E-state index in [0.717, 1.165) is 12.1 Å². The molecule has 1 aromatic carbocycles. The molecular formula is C16H17F2NO3. The third kappa shape index (κ3) is 3.71. The lowest BCUT2D eigenvalue weighted by Gasteiger charge is -2.23. The Morgan fingerprint density at radius 3 is 2.41 bits per heavy atom. The number of carboxylic acid groups (broad SMARTS) is 1. The van der Waals surface area contributed by atoms with Crippen molar-refractivity contribution in [2.24, 2.45) is 0 Å². The first-order valence-corrected chi connectivity index (χ1v) is 6.87. The molecule has 0 radical (unpaired) electrons. The molecule has 0 fully saturated rings. The molecule has 0 aliphatic rings. The van der Waals surface area contributed by atoms with E-state index in [4.69, 9.17) is 9.52 Å². The molecule has 1 heterocycles. The molecule has 6 heteroatoms. The van der Waals surface area contributed by atoms with Crippen LogP contribution in [0, 0.1) is 11.6 Å². The molecule has 0 unspecified atom stereocenters. The Morgan fingerprint density at radius 2 is 1.86 bits per heavy atom. The van der Waals surface area contributed by atoms with E-state index in [-0.39, 0.29) is 30.5 Å². The summed E-state index contributed by atoms with van der Waals surface area (Å²) in [6.07, 6.45) is 0. The summed E-state index contributed by atoms with van der Waals surface area (Å²) in [6, 6.07) is 6.67. The summed E-state index contributed by atoms with van der Waals surface area (Å²) < 4.78 is 32.9. The molecule has 2 aromatic rings. The summed E-state index contributed by atoms with van der Waals surface area (Å²) >= 11 is 0. The highest BCUT2D eigenvalue weighted by atomic mass is 19.1. The number of nitrogens with zero attached hydrogens (tertiary/aromatic N) is 1. The van der Waals surface area contributed by atoms with Gasteiger partial charge in [0.1, 0.15) is 23.2 Å². The van der Waals surface area contributed by atoms with E-state index >= 15 is 0 Å². The number of hydrogen-bond acceptors (Lipinski definition) is 3. The maximum atomic E-state index is 13.7. The number of carbonyl (C=O) groups is 1. The van der Waals surface area contributed by atoms with Crippen LogP contribution in [0.2, 0.25) is 0 Å². The smallest absolute Gasteiger partial charge is 0.317 e. The second-order valence-corrected chi connectivity index (χ2v) is 5.26. The van der Waals surface area contributed by atoms with Crippen LogP contribution >= 0.6 is 0 Å². The third-order valence-electron chi connectivity index (χ3n) is 3.30. The number of hydrogen-bond donors (Lipinski definition) is 1. The van der Waals surface area contributed by atoms with E-state index in [9.17, 15) is 13.6 Å². The van der Waals surface area contributed by atoms with Crippen LogP contribution in [-0.4, -0.2) is 28.6 Å². The second kappa shape index (κ2) is 6.70. The van der Waals surface area contributed by atoms with Crippen molar-refractivity contribution in [2.75, 3.05) is 6.54 Å². The van der Waals surface area contributed by atoms with Gasteiger partial charge in [-0.25, -0.2) is 8.78 Å². The lowest BCUT2D eigenvalue weighted by Crippen LogP contribution is -2.34. The minimum Gasteiger partial charge on any atom is -0.480 e. The maximum Gasteiger partial charge on any atom is 0.317 e. The van der Waals surface area contributed by atoms with E-state index in [2.05, 4.69) is 0 Å². The zero-order valence-electron chi connectivity index (χ0n) is 12.3. The highest BCUT2D eigenvalue weighted by molar-refractivity contribution is 5.69. The summed E-state index contributed by atoms with van der Waals surface area (Å²) in [5.74, 6) is -1.81. The Morgan fingerprint density at radius 1 is 1.23 bits per heavy atom. The Bertz CT molecular complexity index is 647. The van der Waals surface area contributed by atoms with Gasteiger partial charge < -0.3 is 9.52 Å². The SMILES string of the molecule is CC(C)N(CC(=O)O)Cc1ccc(-c2c(F)cccc2F)o1. The normalized spacial score (nSPS) is 11.4. The van der Waals surface area contributed by atoms with Crippen LogP contribution < -0.4 is 0 Å². The predicted octanol–water partition coefficient (Wildman–Crippen LogP) is 3.52. The summed E-state index contributed by atoms with van der Waals surface area (Å²) in [5, 5.41) is 8.90. The monoisotopic (exact) mass is 309 g/mol. The van der Waals surface area contributed by atoms with Crippen molar-refractivity contribution in [1.29, 1.82) is 0 Å². The van der Waals surface area contributed by atoms with Gasteiger partial charge in [0.2, 0.25) is 0 Å². The number of aliphatic carboxylic acids is 1. The molecule has 1 aromatic heterocycles. The van der Waals surface area contributed by atoms with Gasteiger partial charge >= 0.3 is 5.97 Å². The Hall–Kier alpha value is -2.21. The highest BCUT2D eigenvalue weighted by Crippen LogP contribution is 2.28. The minimum absolute atomic E-state index is 0.00477. The quantitative estimate of drug-likeness (QED) is 0.887. The molecule has 0 spiro atoms. The van der Waals surface area contributed by atoms with Gasteiger partial charge in [0.15, 0.2) is 0 Å². The Balaban J connectivity index is 2.22. The average Bonchev–Trinajstić information content (AvgIpc) is 2.85. The molecule has 0 saturated heterocycles. The fraction of sp³-hybridized carbons (Fsp3) is 0.312. The van der Waals surface area contributed by atoms with Crippen molar-refractivity contribution in [1.82, 2.24) is 4.90 Å². The highest BCUT2D eigenvalue weighted by Gasteiger charge is 2.18. The van der Waals surface area contributed by atoms with E-state index in [1.807, 2.05) is 13.8 Å². The fourth-order valence-corrected chi connectivity index (χ4v) is 2.13. The first-order chi connectivity index (χ1) is 10.4. The third-order valence-corrected chi connectivity index (χ3v) is 3.30. The lowest BCUT2D eigenvalue weighted by molar-refractivity contribution is -0.139. The molecule has 0 bridgehead atoms. The van der Waals surface area contributed by atoms with Crippen LogP contribution in [0.25, 0.3) is 11.3 Å². The van der Waals surface area contributed by atoms with Gasteiger partial charge in [-0.2, -0.15) is 0 Å². The van der Waals surface area contributed by atoms with Crippen molar-refractivity contribution in [3.8, 4) is 11.3 Å². The summed E-state index contributed by atoms with van der Waals surface area (Å²) in [4.78, 5) is 12.5. The molecule has 2 rings (SSSR count). The topological polar surface area (TPSA) is 53.7 Å². The van der Waals surface area contributed by atoms with Gasteiger partial charge in [0.05, 0.1) is 18.7 Å². The van der Waals surface area contributed by atoms with E-state index in [0.29, 0.717) is 5.76 Å². The molecule has 1 N–H and O–H groups in total. The summed E-state index contributed by atoms with van der Waals surface area (Å²) in [5.41, 5.74) is -0.219. The summed E-state index contributed by atoms with van der Waals surface area (Å²) in [7, 11) is 0. The molecule has 0 aliphatic carbocycles. The largest absolute Gasteiger partial charge is 0.480 e. The lowest BCUT2D eigenvalue weighted by atomic mass is 10.1. The van der Waals surface area contributed by atoms with Crippen LogP contribution in [0.1, 0.15) is 19.6 Å². The van der Waals surface area contributed by atoms with Crippen LogP contribution in [0.15, 0.2) is 34.7 Å². The van der Waals surface area contributed by atoms with E-state index in [1.165, 1.54) is 12.1 Å². The van der Waals surface area contributed by atoms with Crippen LogP contribution in [0.4, 0.5) is 8.78 Å². The molecular weight excluding hydrogens is 292 g/mol. The van der Waals surface area contributed by atoms with Gasteiger partial charge in [-0.05, 0) is 38.1 Å². The number of halogens is 2.